The van der Waals surface area contributed by atoms with E-state index < -0.39 is 21.9 Å². The standard InChI is InChI=1S/C18H19ClN2O6S/c1-2-3-8-28(25,26)21-17(22)13-9-15(16(18(23)24)20-10-13)27-11-12-4-6-14(19)7-5-12/h4-7,9-10H,2-3,8,11H2,1H3,(H,21,22)(H,23,24). The Hall–Kier alpha value is -2.65. The third kappa shape index (κ3) is 6.21. The van der Waals surface area contributed by atoms with Crippen LogP contribution >= 0.6 is 11.6 Å². The lowest BCUT2D eigenvalue weighted by molar-refractivity contribution is 0.0684. The molecular formula is C18H19ClN2O6S. The molecule has 1 aromatic heterocycles. The predicted molar refractivity (Wildman–Crippen MR) is 103 cm³/mol. The normalized spacial score (nSPS) is 11.1. The molecule has 0 saturated heterocycles. The van der Waals surface area contributed by atoms with Crippen LogP contribution in [0.1, 0.15) is 46.2 Å². The van der Waals surface area contributed by atoms with Crippen LogP contribution < -0.4 is 9.46 Å². The van der Waals surface area contributed by atoms with Crippen LogP contribution in [0.3, 0.4) is 0 Å². The average Bonchev–Trinajstić information content (AvgIpc) is 2.65. The number of ether oxygens (including phenoxy) is 1. The molecule has 0 atom stereocenters. The van der Waals surface area contributed by atoms with Crippen molar-refractivity contribution in [3.63, 3.8) is 0 Å². The molecule has 0 bridgehead atoms. The first-order valence-electron chi connectivity index (χ1n) is 8.37. The Labute approximate surface area is 167 Å². The molecule has 2 aromatic rings. The molecule has 0 unspecified atom stereocenters. The number of amides is 1. The van der Waals surface area contributed by atoms with Crippen LogP contribution in [0, 0.1) is 0 Å². The summed E-state index contributed by atoms with van der Waals surface area (Å²) in [5, 5.41) is 9.80. The molecule has 1 amide bonds. The van der Waals surface area contributed by atoms with Crippen molar-refractivity contribution in [3.8, 4) is 5.75 Å². The highest BCUT2D eigenvalue weighted by Gasteiger charge is 2.20. The summed E-state index contributed by atoms with van der Waals surface area (Å²) < 4.78 is 31.2. The average molecular weight is 427 g/mol. The summed E-state index contributed by atoms with van der Waals surface area (Å²) in [6, 6.07) is 7.86. The fraction of sp³-hybridized carbons (Fsp3) is 0.278. The zero-order chi connectivity index (χ0) is 20.7. The van der Waals surface area contributed by atoms with Crippen LogP contribution in [0.4, 0.5) is 0 Å². The third-order valence-corrected chi connectivity index (χ3v) is 5.21. The molecule has 2 N–H and O–H groups in total. The second-order valence-corrected chi connectivity index (χ2v) is 8.17. The molecule has 0 fully saturated rings. The Morgan fingerprint density at radius 2 is 1.93 bits per heavy atom. The number of rotatable bonds is 9. The largest absolute Gasteiger partial charge is 0.486 e. The van der Waals surface area contributed by atoms with Crippen LogP contribution in [-0.2, 0) is 16.6 Å². The van der Waals surface area contributed by atoms with E-state index in [1.807, 2.05) is 11.6 Å². The molecule has 2 rings (SSSR count). The minimum Gasteiger partial charge on any atom is -0.486 e. The number of nitrogens with zero attached hydrogens (tertiary/aromatic N) is 1. The summed E-state index contributed by atoms with van der Waals surface area (Å²) in [5.74, 6) is -2.58. The van der Waals surface area contributed by atoms with E-state index in [1.54, 1.807) is 24.3 Å². The molecule has 0 spiro atoms. The van der Waals surface area contributed by atoms with Gasteiger partial charge in [-0.25, -0.2) is 22.9 Å². The van der Waals surface area contributed by atoms with Crippen LogP contribution in [0.15, 0.2) is 36.5 Å². The number of unbranched alkanes of at least 4 members (excludes halogenated alkanes) is 1. The number of carbonyl (C=O) groups is 2. The lowest BCUT2D eigenvalue weighted by Crippen LogP contribution is -2.32. The van der Waals surface area contributed by atoms with Crippen molar-refractivity contribution in [2.45, 2.75) is 26.4 Å². The van der Waals surface area contributed by atoms with Gasteiger partial charge in [-0.1, -0.05) is 37.1 Å². The molecule has 1 heterocycles. The first-order chi connectivity index (χ1) is 13.2. The third-order valence-electron chi connectivity index (χ3n) is 3.64. The number of aromatic nitrogens is 1. The van der Waals surface area contributed by atoms with E-state index >= 15 is 0 Å². The van der Waals surface area contributed by atoms with E-state index in [4.69, 9.17) is 16.3 Å². The quantitative estimate of drug-likeness (QED) is 0.631. The molecule has 0 aliphatic rings. The second kappa shape index (κ2) is 9.52. The fourth-order valence-electron chi connectivity index (χ4n) is 2.17. The molecule has 0 radical (unpaired) electrons. The van der Waals surface area contributed by atoms with Gasteiger partial charge in [-0.3, -0.25) is 4.79 Å². The zero-order valence-corrected chi connectivity index (χ0v) is 16.6. The van der Waals surface area contributed by atoms with Crippen molar-refractivity contribution in [2.75, 3.05) is 5.75 Å². The maximum absolute atomic E-state index is 12.2. The van der Waals surface area contributed by atoms with E-state index in [0.29, 0.717) is 17.9 Å². The van der Waals surface area contributed by atoms with E-state index in [1.165, 1.54) is 0 Å². The minimum absolute atomic E-state index is 0.0129. The highest BCUT2D eigenvalue weighted by atomic mass is 35.5. The van der Waals surface area contributed by atoms with Crippen molar-refractivity contribution in [1.29, 1.82) is 0 Å². The van der Waals surface area contributed by atoms with Gasteiger partial charge in [-0.2, -0.15) is 0 Å². The Morgan fingerprint density at radius 3 is 2.54 bits per heavy atom. The summed E-state index contributed by atoms with van der Waals surface area (Å²) in [7, 11) is -3.79. The Bertz CT molecular complexity index is 961. The van der Waals surface area contributed by atoms with Gasteiger partial charge in [0.1, 0.15) is 6.61 Å². The van der Waals surface area contributed by atoms with Crippen molar-refractivity contribution in [3.05, 3.63) is 58.4 Å². The Morgan fingerprint density at radius 1 is 1.25 bits per heavy atom. The SMILES string of the molecule is CCCCS(=O)(=O)NC(=O)c1cnc(C(=O)O)c(OCc2ccc(Cl)cc2)c1. The van der Waals surface area contributed by atoms with Crippen molar-refractivity contribution >= 4 is 33.5 Å². The predicted octanol–water partition coefficient (Wildman–Crippen LogP) is 2.87. The molecule has 150 valence electrons. The van der Waals surface area contributed by atoms with Crippen LogP contribution in [0.2, 0.25) is 5.02 Å². The summed E-state index contributed by atoms with van der Waals surface area (Å²) in [6.45, 7) is 1.84. The second-order valence-electron chi connectivity index (χ2n) is 5.89. The number of carboxylic acids is 1. The molecule has 0 aliphatic carbocycles. The number of nitrogens with one attached hydrogen (secondary N) is 1. The number of carbonyl (C=O) groups excluding carboxylic acids is 1. The Kier molecular flexibility index (Phi) is 7.36. The monoisotopic (exact) mass is 426 g/mol. The number of benzene rings is 1. The number of pyridine rings is 1. The first kappa shape index (κ1) is 21.6. The van der Waals surface area contributed by atoms with Gasteiger partial charge in [-0.05, 0) is 30.2 Å². The molecule has 1 aromatic carbocycles. The van der Waals surface area contributed by atoms with Gasteiger partial charge < -0.3 is 9.84 Å². The number of aromatic carboxylic acids is 1. The molecule has 28 heavy (non-hydrogen) atoms. The summed E-state index contributed by atoms with van der Waals surface area (Å²) in [6.07, 6.45) is 2.06. The molecular weight excluding hydrogens is 408 g/mol. The van der Waals surface area contributed by atoms with E-state index in [-0.39, 0.29) is 29.4 Å². The lowest BCUT2D eigenvalue weighted by atomic mass is 10.2. The molecule has 0 saturated carbocycles. The van der Waals surface area contributed by atoms with Crippen LogP contribution in [-0.4, -0.2) is 36.1 Å². The highest BCUT2D eigenvalue weighted by Crippen LogP contribution is 2.20. The van der Waals surface area contributed by atoms with Gasteiger partial charge in [0, 0.05) is 11.2 Å². The van der Waals surface area contributed by atoms with Crippen molar-refractivity contribution in [2.24, 2.45) is 0 Å². The topological polar surface area (TPSA) is 123 Å². The van der Waals surface area contributed by atoms with E-state index in [2.05, 4.69) is 4.98 Å². The lowest BCUT2D eigenvalue weighted by Gasteiger charge is -2.11. The molecule has 10 heteroatoms. The number of hydrogen-bond donors (Lipinski definition) is 2. The van der Waals surface area contributed by atoms with Crippen molar-refractivity contribution < 1.29 is 27.9 Å². The van der Waals surface area contributed by atoms with Gasteiger partial charge in [0.15, 0.2) is 11.4 Å². The smallest absolute Gasteiger partial charge is 0.358 e. The van der Waals surface area contributed by atoms with Gasteiger partial charge in [0.2, 0.25) is 10.0 Å². The van der Waals surface area contributed by atoms with Gasteiger partial charge in [-0.15, -0.1) is 0 Å². The molecule has 8 nitrogen and oxygen atoms in total. The first-order valence-corrected chi connectivity index (χ1v) is 10.4. The number of carboxylic acid groups (broad SMARTS) is 1. The van der Waals surface area contributed by atoms with Crippen LogP contribution in [0.5, 0.6) is 5.75 Å². The summed E-state index contributed by atoms with van der Waals surface area (Å²) in [4.78, 5) is 27.3. The minimum atomic E-state index is -3.79. The zero-order valence-electron chi connectivity index (χ0n) is 15.0. The maximum atomic E-state index is 12.2. The maximum Gasteiger partial charge on any atom is 0.358 e. The van der Waals surface area contributed by atoms with E-state index in [0.717, 1.165) is 17.8 Å². The van der Waals surface area contributed by atoms with Gasteiger partial charge in [0.05, 0.1) is 11.3 Å². The Balaban J connectivity index is 2.20. The molecule has 0 aliphatic heterocycles. The van der Waals surface area contributed by atoms with Crippen molar-refractivity contribution in [1.82, 2.24) is 9.71 Å². The number of sulfonamides is 1. The summed E-state index contributed by atoms with van der Waals surface area (Å²) >= 11 is 5.81. The van der Waals surface area contributed by atoms with Gasteiger partial charge >= 0.3 is 5.97 Å². The summed E-state index contributed by atoms with van der Waals surface area (Å²) in [5.41, 5.74) is 0.202. The van der Waals surface area contributed by atoms with Gasteiger partial charge in [0.25, 0.3) is 5.91 Å². The number of halogens is 1. The van der Waals surface area contributed by atoms with E-state index in [9.17, 15) is 23.1 Å². The van der Waals surface area contributed by atoms with Crippen LogP contribution in [0.25, 0.3) is 0 Å². The number of hydrogen-bond acceptors (Lipinski definition) is 6. The highest BCUT2D eigenvalue weighted by molar-refractivity contribution is 7.90. The fourth-order valence-corrected chi connectivity index (χ4v) is 3.46.